The van der Waals surface area contributed by atoms with Crippen molar-refractivity contribution >= 4 is 50.5 Å². The molecule has 2 heterocycles. The number of ether oxygens (including phenoxy) is 4. The van der Waals surface area contributed by atoms with Crippen LogP contribution in [0.15, 0.2) is 142 Å². The third kappa shape index (κ3) is 7.72. The number of benzene rings is 4. The molecule has 6 nitrogen and oxygen atoms in total. The molecule has 0 spiro atoms. The molecule has 0 N–H and O–H groups in total. The maximum atomic E-state index is 13.4. The summed E-state index contributed by atoms with van der Waals surface area (Å²) in [6.45, 7) is 4.75. The third-order valence-corrected chi connectivity index (χ3v) is 10.8. The molecule has 0 atom stereocenters. The van der Waals surface area contributed by atoms with Crippen LogP contribution in [0.1, 0.15) is 41.7 Å². The Labute approximate surface area is 299 Å². The Kier molecular flexibility index (Phi) is 10.5. The van der Waals surface area contributed by atoms with Gasteiger partial charge in [-0.25, -0.2) is 4.79 Å². The first kappa shape index (κ1) is 33.4. The van der Waals surface area contributed by atoms with E-state index in [0.29, 0.717) is 30.4 Å². The van der Waals surface area contributed by atoms with Gasteiger partial charge in [0.2, 0.25) is 0 Å². The molecule has 1 aliphatic carbocycles. The summed E-state index contributed by atoms with van der Waals surface area (Å²) in [5.41, 5.74) is 7.67. The largest absolute Gasteiger partial charge is 0.508 e. The van der Waals surface area contributed by atoms with Gasteiger partial charge in [0.1, 0.15) is 13.2 Å². The van der Waals surface area contributed by atoms with E-state index < -0.39 is 6.16 Å². The van der Waals surface area contributed by atoms with Gasteiger partial charge in [0.15, 0.2) is 5.43 Å². The minimum Gasteiger partial charge on any atom is -0.466 e. The Hall–Kier alpha value is -5.05. The van der Waals surface area contributed by atoms with Crippen LogP contribution < -0.4 is 5.43 Å². The lowest BCUT2D eigenvalue weighted by Gasteiger charge is -2.26. The summed E-state index contributed by atoms with van der Waals surface area (Å²) in [4.78, 5) is 29.0. The summed E-state index contributed by atoms with van der Waals surface area (Å²) >= 11 is 3.18. The van der Waals surface area contributed by atoms with Gasteiger partial charge in [0, 0.05) is 31.0 Å². The lowest BCUT2D eigenvalue weighted by Crippen LogP contribution is -2.13. The van der Waals surface area contributed by atoms with Gasteiger partial charge in [0.05, 0.1) is 18.1 Å². The molecule has 5 aromatic rings. The highest BCUT2D eigenvalue weighted by atomic mass is 32.2. The molecule has 1 fully saturated rings. The highest BCUT2D eigenvalue weighted by Gasteiger charge is 2.31. The van der Waals surface area contributed by atoms with Gasteiger partial charge >= 0.3 is 6.16 Å². The minimum atomic E-state index is -0.692. The molecular weight excluding hydrogens is 665 g/mol. The molecule has 7 rings (SSSR count). The zero-order valence-corrected chi connectivity index (χ0v) is 29.2. The van der Waals surface area contributed by atoms with E-state index in [1.165, 1.54) is 32.9 Å². The number of carbonyl (C=O) groups excluding carboxylic acids is 1. The van der Waals surface area contributed by atoms with Gasteiger partial charge in [-0.15, -0.1) is 11.3 Å². The van der Waals surface area contributed by atoms with Gasteiger partial charge in [-0.05, 0) is 72.7 Å². The molecule has 0 saturated heterocycles. The van der Waals surface area contributed by atoms with Crippen LogP contribution in [-0.4, -0.2) is 26.0 Å². The highest BCUT2D eigenvalue weighted by molar-refractivity contribution is 8.03. The van der Waals surface area contributed by atoms with Gasteiger partial charge in [-0.3, -0.25) is 4.79 Å². The third-order valence-electron chi connectivity index (χ3n) is 8.47. The van der Waals surface area contributed by atoms with Crippen LogP contribution in [0.25, 0.3) is 32.4 Å². The quantitative estimate of drug-likeness (QED) is 0.0688. The predicted octanol–water partition coefficient (Wildman–Crippen LogP) is 10.6. The molecule has 1 saturated carbocycles. The van der Waals surface area contributed by atoms with Crippen molar-refractivity contribution in [1.29, 1.82) is 0 Å². The van der Waals surface area contributed by atoms with Gasteiger partial charge in [-0.2, -0.15) is 0 Å². The van der Waals surface area contributed by atoms with Crippen molar-refractivity contribution in [3.05, 3.63) is 158 Å². The zero-order chi connectivity index (χ0) is 34.3. The van der Waals surface area contributed by atoms with E-state index in [9.17, 15) is 9.59 Å². The number of hydrogen-bond donors (Lipinski definition) is 0. The molecular formula is C42H36O6S2. The van der Waals surface area contributed by atoms with E-state index in [0.717, 1.165) is 44.0 Å². The van der Waals surface area contributed by atoms with Crippen molar-refractivity contribution in [2.24, 2.45) is 0 Å². The van der Waals surface area contributed by atoms with Gasteiger partial charge in [0.25, 0.3) is 5.95 Å². The van der Waals surface area contributed by atoms with E-state index in [2.05, 4.69) is 36.9 Å². The Morgan fingerprint density at radius 2 is 1.34 bits per heavy atom. The lowest BCUT2D eigenvalue weighted by molar-refractivity contribution is 0.0251. The molecule has 0 amide bonds. The number of allylic oxidation sites excluding steroid dienone is 3. The SMILES string of the molecule is C=C(OCCCCOC(=O)OCC1=C(c2ccccc2)C(=C2CC2)c2ccccc2S1)OCc1sc2ccccc2c(=O)c1-c1ccccc1. The van der Waals surface area contributed by atoms with Crippen molar-refractivity contribution in [3.8, 4) is 11.1 Å². The smallest absolute Gasteiger partial charge is 0.466 e. The normalized spacial score (nSPS) is 13.5. The predicted molar refractivity (Wildman–Crippen MR) is 202 cm³/mol. The Morgan fingerprint density at radius 3 is 2.10 bits per heavy atom. The first-order valence-corrected chi connectivity index (χ1v) is 18.3. The molecule has 8 heteroatoms. The Balaban J connectivity index is 0.888. The summed E-state index contributed by atoms with van der Waals surface area (Å²) in [6, 6.07) is 36.0. The Bertz CT molecular complexity index is 2140. The molecule has 2 aliphatic rings. The molecule has 1 aliphatic heterocycles. The summed E-state index contributed by atoms with van der Waals surface area (Å²) in [5.74, 6) is 0.173. The van der Waals surface area contributed by atoms with E-state index in [1.54, 1.807) is 11.8 Å². The number of unbranched alkanes of at least 4 members (excludes halogenated alkanes) is 1. The second kappa shape index (κ2) is 15.7. The molecule has 0 radical (unpaired) electrons. The van der Waals surface area contributed by atoms with Crippen LogP contribution in [0.2, 0.25) is 0 Å². The minimum absolute atomic E-state index is 0.0225. The Morgan fingerprint density at radius 1 is 0.680 bits per heavy atom. The number of hydrogen-bond acceptors (Lipinski definition) is 8. The average Bonchev–Trinajstić information content (AvgIpc) is 4.00. The molecule has 0 unspecified atom stereocenters. The van der Waals surface area contributed by atoms with Crippen LogP contribution >= 0.6 is 23.1 Å². The van der Waals surface area contributed by atoms with Crippen LogP contribution in [0, 0.1) is 0 Å². The van der Waals surface area contributed by atoms with E-state index in [1.807, 2.05) is 78.9 Å². The van der Waals surface area contributed by atoms with Crippen molar-refractivity contribution in [3.63, 3.8) is 0 Å². The molecule has 1 aromatic heterocycles. The van der Waals surface area contributed by atoms with Crippen LogP contribution in [0.5, 0.6) is 0 Å². The first-order valence-electron chi connectivity index (χ1n) is 16.7. The van der Waals surface area contributed by atoms with E-state index >= 15 is 0 Å². The summed E-state index contributed by atoms with van der Waals surface area (Å²) in [7, 11) is 0. The van der Waals surface area contributed by atoms with Crippen molar-refractivity contribution < 1.29 is 23.7 Å². The fraction of sp³-hybridized carbons (Fsp3) is 0.190. The van der Waals surface area contributed by atoms with Gasteiger partial charge in [-0.1, -0.05) is 108 Å². The zero-order valence-electron chi connectivity index (χ0n) is 27.5. The van der Waals surface area contributed by atoms with Crippen LogP contribution in [0.3, 0.4) is 0 Å². The topological polar surface area (TPSA) is 71.1 Å². The van der Waals surface area contributed by atoms with Crippen LogP contribution in [-0.2, 0) is 25.6 Å². The average molecular weight is 701 g/mol. The maximum absolute atomic E-state index is 13.4. The molecule has 50 heavy (non-hydrogen) atoms. The highest BCUT2D eigenvalue weighted by Crippen LogP contribution is 2.53. The number of rotatable bonds is 13. The molecule has 4 aromatic carbocycles. The lowest BCUT2D eigenvalue weighted by atomic mass is 9.90. The maximum Gasteiger partial charge on any atom is 0.508 e. The second-order valence-corrected chi connectivity index (χ2v) is 14.2. The fourth-order valence-corrected chi connectivity index (χ4v) is 8.24. The molecule has 0 bridgehead atoms. The monoisotopic (exact) mass is 700 g/mol. The number of fused-ring (bicyclic) bond motifs is 2. The van der Waals surface area contributed by atoms with Gasteiger partial charge < -0.3 is 18.9 Å². The standard InChI is InChI=1S/C42H36O6S2/c1-28(47-26-37-40(30-16-6-3-7-17-30)41(43)33-19-9-11-21-35(33)50-37)45-24-12-13-25-46-42(44)48-27-36-39(29-14-4-2-5-15-29)38(31-22-23-31)32-18-8-10-20-34(32)49-36/h2-11,14-21H,1,12-13,22-27H2. The summed E-state index contributed by atoms with van der Waals surface area (Å²) < 4.78 is 23.5. The number of carbonyl (C=O) groups is 1. The van der Waals surface area contributed by atoms with Crippen molar-refractivity contribution in [2.75, 3.05) is 19.8 Å². The van der Waals surface area contributed by atoms with Crippen molar-refractivity contribution in [2.45, 2.75) is 37.2 Å². The molecule has 252 valence electrons. The van der Waals surface area contributed by atoms with Crippen LogP contribution in [0.4, 0.5) is 4.79 Å². The van der Waals surface area contributed by atoms with E-state index in [4.69, 9.17) is 18.9 Å². The first-order chi connectivity index (χ1) is 24.6. The summed E-state index contributed by atoms with van der Waals surface area (Å²) in [5, 5.41) is 0.689. The van der Waals surface area contributed by atoms with Crippen molar-refractivity contribution in [1.82, 2.24) is 0 Å². The second-order valence-electron chi connectivity index (χ2n) is 11.9. The summed E-state index contributed by atoms with van der Waals surface area (Å²) in [6.07, 6.45) is 2.70. The number of thioether (sulfide) groups is 1. The van der Waals surface area contributed by atoms with E-state index in [-0.39, 0.29) is 31.2 Å². The fourth-order valence-electron chi connectivity index (χ4n) is 6.00.